The average molecular weight is 664 g/mol. The largest absolute Gasteiger partial charge is 0.453 e. The van der Waals surface area contributed by atoms with Gasteiger partial charge in [0.15, 0.2) is 0 Å². The van der Waals surface area contributed by atoms with Gasteiger partial charge >= 0.3 is 18.2 Å². The van der Waals surface area contributed by atoms with Crippen LogP contribution in [0.5, 0.6) is 5.75 Å². The molecule has 2 unspecified atom stereocenters. The summed E-state index contributed by atoms with van der Waals surface area (Å²) in [6, 6.07) is 5.99. The number of benzene rings is 1. The molecule has 1 amide bonds. The number of nitrogens with zero attached hydrogens (tertiary/aromatic N) is 1. The van der Waals surface area contributed by atoms with Crippen molar-refractivity contribution < 1.29 is 45.2 Å². The van der Waals surface area contributed by atoms with Crippen LogP contribution in [0.1, 0.15) is 82.3 Å². The monoisotopic (exact) mass is 663 g/mol. The van der Waals surface area contributed by atoms with Crippen LogP contribution in [0.25, 0.3) is 0 Å². The molecule has 0 aromatic heterocycles. The van der Waals surface area contributed by atoms with Crippen molar-refractivity contribution in [1.82, 2.24) is 4.90 Å². The third kappa shape index (κ3) is 7.37. The van der Waals surface area contributed by atoms with Crippen molar-refractivity contribution in [2.75, 3.05) is 38.3 Å². The second-order valence-corrected chi connectivity index (χ2v) is 15.4. The van der Waals surface area contributed by atoms with E-state index in [4.69, 9.17) is 14.2 Å². The van der Waals surface area contributed by atoms with E-state index < -0.39 is 41.8 Å². The second kappa shape index (κ2) is 13.7. The van der Waals surface area contributed by atoms with Gasteiger partial charge in [0.05, 0.1) is 25.4 Å². The number of hydrogen-bond acceptors (Lipinski definition) is 5. The molecule has 4 aliphatic rings. The van der Waals surface area contributed by atoms with Crippen molar-refractivity contribution in [3.63, 3.8) is 0 Å². The number of morpholine rings is 1. The third-order valence-corrected chi connectivity index (χ3v) is 12.5. The lowest BCUT2D eigenvalue weighted by Gasteiger charge is -2.53. The number of fused-ring (bicyclic) bond motifs is 5. The summed E-state index contributed by atoms with van der Waals surface area (Å²) < 4.78 is 94.0. The van der Waals surface area contributed by atoms with Crippen molar-refractivity contribution in [2.45, 2.75) is 102 Å². The molecule has 6 nitrogen and oxygen atoms in total. The third-order valence-electron chi connectivity index (χ3n) is 11.0. The molecule has 1 aromatic rings. The molecule has 1 saturated heterocycles. The van der Waals surface area contributed by atoms with E-state index in [-0.39, 0.29) is 35.0 Å². The number of hydrogen-bond donors (Lipinski definition) is 0. The molecule has 0 spiro atoms. The van der Waals surface area contributed by atoms with E-state index in [1.54, 1.807) is 12.0 Å². The predicted molar refractivity (Wildman–Crippen MR) is 161 cm³/mol. The molecule has 254 valence electrons. The van der Waals surface area contributed by atoms with Gasteiger partial charge in [0.25, 0.3) is 0 Å². The molecule has 1 heterocycles. The Bertz CT molecular complexity index is 1230. The first-order chi connectivity index (χ1) is 21.2. The minimum atomic E-state index is -5.59. The van der Waals surface area contributed by atoms with Crippen LogP contribution in [-0.4, -0.2) is 77.8 Å². The highest BCUT2D eigenvalue weighted by Gasteiger charge is 2.58. The predicted octanol–water partition coefficient (Wildman–Crippen LogP) is 7.51. The molecule has 0 radical (unpaired) electrons. The summed E-state index contributed by atoms with van der Waals surface area (Å²) in [5.41, 5.74) is 2.53. The standard InChI is InChI=1S/C33H46F5NO5S/c1-21-20-39(14-15-43-21)30(40)44-24-7-8-25-23(19-24)18-22(6-4-16-45(41)17-5-12-32(34,35)33(36,37)38)29-26(25)11-13-31(2)27(29)9-10-28(31)42-3/h7-8,19,21-22,26-29H,4-6,9-18,20H2,1-3H3/t21?,22-,26-,27+,28+,29-,31+,45?/m1/s1. The van der Waals surface area contributed by atoms with E-state index in [0.29, 0.717) is 49.6 Å². The smallest absolute Gasteiger partial charge is 0.410 e. The van der Waals surface area contributed by atoms with Crippen LogP contribution in [-0.2, 0) is 26.7 Å². The molecule has 0 bridgehead atoms. The number of carbonyl (C=O) groups excluding carboxylic acids is 1. The highest BCUT2D eigenvalue weighted by molar-refractivity contribution is 7.84. The van der Waals surface area contributed by atoms with E-state index in [9.17, 15) is 31.0 Å². The SMILES string of the molecule is CO[C@H]1CC[C@H]2[C@@H]3[C@H](CCCS(=O)CCCC(F)(F)C(F)(F)F)Cc4cc(OC(=O)N5CCOC(C)C5)ccc4[C@H]3CC[C@]12C. The molecule has 5 rings (SSSR count). The van der Waals surface area contributed by atoms with Gasteiger partial charge in [-0.2, -0.15) is 22.0 Å². The fraction of sp³-hybridized carbons (Fsp3) is 0.788. The van der Waals surface area contributed by atoms with Gasteiger partial charge < -0.3 is 19.1 Å². The summed E-state index contributed by atoms with van der Waals surface area (Å²) in [7, 11) is 0.321. The van der Waals surface area contributed by atoms with Gasteiger partial charge in [-0.3, -0.25) is 4.21 Å². The summed E-state index contributed by atoms with van der Waals surface area (Å²) in [5, 5.41) is 0. The zero-order valence-electron chi connectivity index (χ0n) is 26.4. The van der Waals surface area contributed by atoms with Crippen molar-refractivity contribution in [3.05, 3.63) is 29.3 Å². The van der Waals surface area contributed by atoms with Crippen LogP contribution in [0.2, 0.25) is 0 Å². The molecule has 3 fully saturated rings. The fourth-order valence-corrected chi connectivity index (χ4v) is 9.97. The quantitative estimate of drug-likeness (QED) is 0.243. The summed E-state index contributed by atoms with van der Waals surface area (Å²) in [6.45, 7) is 5.70. The Labute approximate surface area is 265 Å². The number of methoxy groups -OCH3 is 1. The van der Waals surface area contributed by atoms with Crippen LogP contribution in [0.15, 0.2) is 18.2 Å². The summed E-state index contributed by atoms with van der Waals surface area (Å²) in [6.07, 6.45) is -1.26. The Morgan fingerprint density at radius 1 is 1.13 bits per heavy atom. The molecule has 2 saturated carbocycles. The lowest BCUT2D eigenvalue weighted by Crippen LogP contribution is -2.47. The number of rotatable bonds is 10. The number of amides is 1. The first kappa shape index (κ1) is 34.5. The van der Waals surface area contributed by atoms with E-state index in [2.05, 4.69) is 13.0 Å². The van der Waals surface area contributed by atoms with Crippen LogP contribution >= 0.6 is 0 Å². The van der Waals surface area contributed by atoms with Crippen LogP contribution in [0, 0.1) is 23.2 Å². The number of carbonyl (C=O) groups is 1. The molecule has 0 N–H and O–H groups in total. The molecule has 45 heavy (non-hydrogen) atoms. The Balaban J connectivity index is 1.27. The molecular weight excluding hydrogens is 617 g/mol. The molecule has 1 aliphatic heterocycles. The van der Waals surface area contributed by atoms with Crippen molar-refractivity contribution in [1.29, 1.82) is 0 Å². The number of halogens is 5. The maximum atomic E-state index is 13.3. The summed E-state index contributed by atoms with van der Waals surface area (Å²) >= 11 is 0. The Hall–Kier alpha value is -1.79. The number of ether oxygens (including phenoxy) is 3. The van der Waals surface area contributed by atoms with Gasteiger partial charge in [0, 0.05) is 42.4 Å². The topological polar surface area (TPSA) is 65.1 Å². The number of alkyl halides is 5. The van der Waals surface area contributed by atoms with E-state index in [1.165, 1.54) is 5.56 Å². The molecule has 3 aliphatic carbocycles. The fourth-order valence-electron chi connectivity index (χ4n) is 8.81. The lowest BCUT2D eigenvalue weighted by molar-refractivity contribution is -0.284. The van der Waals surface area contributed by atoms with Gasteiger partial charge in [-0.25, -0.2) is 4.79 Å². The minimum absolute atomic E-state index is 0.0482. The van der Waals surface area contributed by atoms with Gasteiger partial charge in [0.2, 0.25) is 0 Å². The maximum absolute atomic E-state index is 13.3. The van der Waals surface area contributed by atoms with Crippen molar-refractivity contribution >= 4 is 16.9 Å². The van der Waals surface area contributed by atoms with E-state index in [1.807, 2.05) is 19.1 Å². The van der Waals surface area contributed by atoms with Crippen molar-refractivity contribution in [3.8, 4) is 5.75 Å². The van der Waals surface area contributed by atoms with E-state index in [0.717, 1.165) is 44.1 Å². The first-order valence-electron chi connectivity index (χ1n) is 16.3. The van der Waals surface area contributed by atoms with Gasteiger partial charge in [-0.05, 0) is 111 Å². The highest BCUT2D eigenvalue weighted by Crippen LogP contribution is 2.63. The minimum Gasteiger partial charge on any atom is -0.410 e. The Morgan fingerprint density at radius 3 is 2.60 bits per heavy atom. The van der Waals surface area contributed by atoms with Crippen molar-refractivity contribution in [2.24, 2.45) is 23.2 Å². The molecular formula is C33H46F5NO5S. The molecule has 1 aromatic carbocycles. The van der Waals surface area contributed by atoms with Gasteiger partial charge in [-0.1, -0.05) is 13.0 Å². The van der Waals surface area contributed by atoms with Crippen LogP contribution < -0.4 is 4.74 Å². The maximum Gasteiger partial charge on any atom is 0.453 e. The highest BCUT2D eigenvalue weighted by atomic mass is 32.2. The molecule has 8 atom stereocenters. The summed E-state index contributed by atoms with van der Waals surface area (Å²) in [4.78, 5) is 14.5. The Morgan fingerprint density at radius 2 is 1.89 bits per heavy atom. The van der Waals surface area contributed by atoms with Gasteiger partial charge in [-0.15, -0.1) is 0 Å². The van der Waals surface area contributed by atoms with E-state index >= 15 is 0 Å². The van der Waals surface area contributed by atoms with Crippen LogP contribution in [0.4, 0.5) is 26.7 Å². The molecule has 12 heteroatoms. The van der Waals surface area contributed by atoms with Gasteiger partial charge in [0.1, 0.15) is 5.75 Å². The van der Waals surface area contributed by atoms with Crippen LogP contribution in [0.3, 0.4) is 0 Å². The Kier molecular flexibility index (Phi) is 10.6. The normalized spacial score (nSPS) is 32.4. The first-order valence-corrected chi connectivity index (χ1v) is 17.8. The lowest BCUT2D eigenvalue weighted by atomic mass is 9.52. The zero-order chi connectivity index (χ0) is 32.6. The summed E-state index contributed by atoms with van der Waals surface area (Å²) in [5.74, 6) is -2.66. The zero-order valence-corrected chi connectivity index (χ0v) is 27.2. The average Bonchev–Trinajstić information content (AvgIpc) is 3.32. The second-order valence-electron chi connectivity index (χ2n) is 13.8.